The summed E-state index contributed by atoms with van der Waals surface area (Å²) in [5.41, 5.74) is 0.510. The van der Waals surface area contributed by atoms with E-state index in [1.165, 1.54) is 17.0 Å². The minimum absolute atomic E-state index is 0.0611. The van der Waals surface area contributed by atoms with Crippen LogP contribution in [0, 0.1) is 11.6 Å². The molecule has 1 rings (SSSR count). The van der Waals surface area contributed by atoms with Gasteiger partial charge in [-0.15, -0.1) is 0 Å². The Morgan fingerprint density at radius 3 is 2.33 bits per heavy atom. The SMILES string of the molecule is CC(C)NCc1cc(F)c(OCCC(=O)N(C)C)c(F)c1. The van der Waals surface area contributed by atoms with Crippen molar-refractivity contribution in [2.24, 2.45) is 0 Å². The fourth-order valence-electron chi connectivity index (χ4n) is 1.64. The van der Waals surface area contributed by atoms with E-state index in [2.05, 4.69) is 5.32 Å². The van der Waals surface area contributed by atoms with Crippen LogP contribution in [0.2, 0.25) is 0 Å². The van der Waals surface area contributed by atoms with E-state index in [1.807, 2.05) is 13.8 Å². The highest BCUT2D eigenvalue weighted by Gasteiger charge is 2.14. The number of nitrogens with zero attached hydrogens (tertiary/aromatic N) is 1. The third-order valence-electron chi connectivity index (χ3n) is 2.83. The molecule has 4 nitrogen and oxygen atoms in total. The highest BCUT2D eigenvalue weighted by Crippen LogP contribution is 2.23. The predicted octanol–water partition coefficient (Wildman–Crippen LogP) is 2.32. The van der Waals surface area contributed by atoms with Gasteiger partial charge in [0.25, 0.3) is 0 Å². The van der Waals surface area contributed by atoms with Crippen LogP contribution >= 0.6 is 0 Å². The topological polar surface area (TPSA) is 41.6 Å². The Kier molecular flexibility index (Phi) is 6.55. The smallest absolute Gasteiger partial charge is 0.225 e. The van der Waals surface area contributed by atoms with Crippen LogP contribution in [-0.4, -0.2) is 37.6 Å². The van der Waals surface area contributed by atoms with Crippen LogP contribution < -0.4 is 10.1 Å². The lowest BCUT2D eigenvalue weighted by Gasteiger charge is -2.13. The first-order valence-electron chi connectivity index (χ1n) is 6.85. The third-order valence-corrected chi connectivity index (χ3v) is 2.83. The minimum atomic E-state index is -0.757. The van der Waals surface area contributed by atoms with Gasteiger partial charge in [0.15, 0.2) is 17.4 Å². The van der Waals surface area contributed by atoms with Crippen LogP contribution in [0.15, 0.2) is 12.1 Å². The van der Waals surface area contributed by atoms with E-state index in [-0.39, 0.29) is 25.0 Å². The highest BCUT2D eigenvalue weighted by molar-refractivity contribution is 5.75. The number of hydrogen-bond donors (Lipinski definition) is 1. The van der Waals surface area contributed by atoms with E-state index in [9.17, 15) is 13.6 Å². The summed E-state index contributed by atoms with van der Waals surface area (Å²) in [5, 5.41) is 3.08. The van der Waals surface area contributed by atoms with Crippen molar-refractivity contribution < 1.29 is 18.3 Å². The molecule has 0 saturated heterocycles. The Morgan fingerprint density at radius 1 is 1.29 bits per heavy atom. The molecule has 0 aliphatic rings. The Labute approximate surface area is 124 Å². The van der Waals surface area contributed by atoms with Gasteiger partial charge in [-0.2, -0.15) is 0 Å². The van der Waals surface area contributed by atoms with Gasteiger partial charge in [-0.05, 0) is 17.7 Å². The zero-order valence-corrected chi connectivity index (χ0v) is 12.9. The Balaban J connectivity index is 2.65. The van der Waals surface area contributed by atoms with E-state index in [4.69, 9.17) is 4.74 Å². The maximum atomic E-state index is 13.8. The van der Waals surface area contributed by atoms with E-state index in [0.29, 0.717) is 12.1 Å². The van der Waals surface area contributed by atoms with E-state index in [1.54, 1.807) is 14.1 Å². The zero-order chi connectivity index (χ0) is 16.0. The first-order valence-corrected chi connectivity index (χ1v) is 6.85. The molecular weight excluding hydrogens is 278 g/mol. The molecule has 0 bridgehead atoms. The van der Waals surface area contributed by atoms with Crippen molar-refractivity contribution in [2.45, 2.75) is 32.9 Å². The maximum absolute atomic E-state index is 13.8. The minimum Gasteiger partial charge on any atom is -0.487 e. The first-order chi connectivity index (χ1) is 9.81. The van der Waals surface area contributed by atoms with E-state index < -0.39 is 17.4 Å². The molecule has 118 valence electrons. The molecule has 0 spiro atoms. The molecule has 0 fully saturated rings. The van der Waals surface area contributed by atoms with Crippen molar-refractivity contribution in [3.05, 3.63) is 29.3 Å². The molecule has 6 heteroatoms. The van der Waals surface area contributed by atoms with Crippen molar-refractivity contribution in [1.29, 1.82) is 0 Å². The fourth-order valence-corrected chi connectivity index (χ4v) is 1.64. The normalized spacial score (nSPS) is 10.8. The molecular formula is C15H22F2N2O2. The summed E-state index contributed by atoms with van der Waals surface area (Å²) < 4.78 is 32.7. The van der Waals surface area contributed by atoms with Gasteiger partial charge in [-0.3, -0.25) is 4.79 Å². The van der Waals surface area contributed by atoms with Gasteiger partial charge in [0.1, 0.15) is 0 Å². The lowest BCUT2D eigenvalue weighted by Crippen LogP contribution is -2.23. The molecule has 0 aromatic heterocycles. The second-order valence-electron chi connectivity index (χ2n) is 5.31. The monoisotopic (exact) mass is 300 g/mol. The summed E-state index contributed by atoms with van der Waals surface area (Å²) in [6.07, 6.45) is 0.0720. The Bertz CT molecular complexity index is 468. The zero-order valence-electron chi connectivity index (χ0n) is 12.9. The Hall–Kier alpha value is -1.69. The van der Waals surface area contributed by atoms with Crippen LogP contribution in [0.1, 0.15) is 25.8 Å². The van der Waals surface area contributed by atoms with Crippen LogP contribution in [-0.2, 0) is 11.3 Å². The maximum Gasteiger partial charge on any atom is 0.225 e. The standard InChI is InChI=1S/C15H22F2N2O2/c1-10(2)18-9-11-7-12(16)15(13(17)8-11)21-6-5-14(20)19(3)4/h7-8,10,18H,5-6,9H2,1-4H3. The molecule has 1 aromatic carbocycles. The number of rotatable bonds is 7. The number of halogens is 2. The van der Waals surface area contributed by atoms with Crippen molar-refractivity contribution in [1.82, 2.24) is 10.2 Å². The number of ether oxygens (including phenoxy) is 1. The molecule has 1 amide bonds. The molecule has 0 atom stereocenters. The second-order valence-corrected chi connectivity index (χ2v) is 5.31. The van der Waals surface area contributed by atoms with Crippen molar-refractivity contribution in [2.75, 3.05) is 20.7 Å². The molecule has 0 radical (unpaired) electrons. The lowest BCUT2D eigenvalue weighted by atomic mass is 10.2. The molecule has 0 aliphatic heterocycles. The summed E-state index contributed by atoms with van der Waals surface area (Å²) >= 11 is 0. The molecule has 0 heterocycles. The van der Waals surface area contributed by atoms with Crippen molar-refractivity contribution >= 4 is 5.91 Å². The fraction of sp³-hybridized carbons (Fsp3) is 0.533. The second kappa shape index (κ2) is 7.93. The molecule has 0 aliphatic carbocycles. The summed E-state index contributed by atoms with van der Waals surface area (Å²) in [6, 6.07) is 2.70. The Morgan fingerprint density at radius 2 is 1.86 bits per heavy atom. The molecule has 0 unspecified atom stereocenters. The molecule has 21 heavy (non-hydrogen) atoms. The van der Waals surface area contributed by atoms with Gasteiger partial charge < -0.3 is 15.0 Å². The quantitative estimate of drug-likeness (QED) is 0.840. The third kappa shape index (κ3) is 5.67. The summed E-state index contributed by atoms with van der Waals surface area (Å²) in [6.45, 7) is 4.22. The molecule has 0 saturated carbocycles. The number of carbonyl (C=O) groups is 1. The van der Waals surface area contributed by atoms with Gasteiger partial charge in [0.05, 0.1) is 13.0 Å². The van der Waals surface area contributed by atoms with Gasteiger partial charge in [0.2, 0.25) is 5.91 Å². The lowest BCUT2D eigenvalue weighted by molar-refractivity contribution is -0.129. The van der Waals surface area contributed by atoms with Crippen LogP contribution in [0.4, 0.5) is 8.78 Å². The highest BCUT2D eigenvalue weighted by atomic mass is 19.1. The van der Waals surface area contributed by atoms with Crippen LogP contribution in [0.3, 0.4) is 0 Å². The van der Waals surface area contributed by atoms with E-state index >= 15 is 0 Å². The van der Waals surface area contributed by atoms with Crippen molar-refractivity contribution in [3.8, 4) is 5.75 Å². The van der Waals surface area contributed by atoms with Gasteiger partial charge >= 0.3 is 0 Å². The predicted molar refractivity (Wildman–Crippen MR) is 77.1 cm³/mol. The average molecular weight is 300 g/mol. The molecule has 1 aromatic rings. The molecule has 1 N–H and O–H groups in total. The number of carbonyl (C=O) groups excluding carboxylic acids is 1. The van der Waals surface area contributed by atoms with Crippen LogP contribution in [0.25, 0.3) is 0 Å². The van der Waals surface area contributed by atoms with Crippen molar-refractivity contribution in [3.63, 3.8) is 0 Å². The summed E-state index contributed by atoms with van der Waals surface area (Å²) in [5.74, 6) is -2.11. The number of benzene rings is 1. The summed E-state index contributed by atoms with van der Waals surface area (Å²) in [4.78, 5) is 12.8. The number of hydrogen-bond acceptors (Lipinski definition) is 3. The number of nitrogens with one attached hydrogen (secondary N) is 1. The number of amides is 1. The van der Waals surface area contributed by atoms with Crippen LogP contribution in [0.5, 0.6) is 5.75 Å². The van der Waals surface area contributed by atoms with Gasteiger partial charge in [0, 0.05) is 26.7 Å². The van der Waals surface area contributed by atoms with Gasteiger partial charge in [-0.25, -0.2) is 8.78 Å². The first kappa shape index (κ1) is 17.4. The largest absolute Gasteiger partial charge is 0.487 e. The van der Waals surface area contributed by atoms with E-state index in [0.717, 1.165) is 0 Å². The average Bonchev–Trinajstić information content (AvgIpc) is 2.39. The van der Waals surface area contributed by atoms with Gasteiger partial charge in [-0.1, -0.05) is 13.8 Å². The summed E-state index contributed by atoms with van der Waals surface area (Å²) in [7, 11) is 3.22.